The average molecular weight is 560 g/mol. The SMILES string of the molecule is COC(=O)C1OC(C)(C)OC1C(=O)Nc1cc(C(C)C)ccc1CCNS(=O)(=O)c1cc(C#N)ccc1OC. The summed E-state index contributed by atoms with van der Waals surface area (Å²) in [5.41, 5.74) is 2.23. The minimum Gasteiger partial charge on any atom is -0.495 e. The summed E-state index contributed by atoms with van der Waals surface area (Å²) in [7, 11) is -1.47. The van der Waals surface area contributed by atoms with Crippen LogP contribution in [0, 0.1) is 11.3 Å². The Labute approximate surface area is 228 Å². The Kier molecular flexibility index (Phi) is 9.34. The van der Waals surface area contributed by atoms with E-state index in [0.717, 1.165) is 5.56 Å². The van der Waals surface area contributed by atoms with Crippen LogP contribution in [0.2, 0.25) is 0 Å². The van der Waals surface area contributed by atoms with Crippen molar-refractivity contribution >= 4 is 27.6 Å². The zero-order valence-electron chi connectivity index (χ0n) is 22.7. The Bertz CT molecular complexity index is 1380. The highest BCUT2D eigenvalue weighted by atomic mass is 32.2. The van der Waals surface area contributed by atoms with Gasteiger partial charge in [0, 0.05) is 12.2 Å². The number of rotatable bonds is 10. The molecule has 11 nitrogen and oxygen atoms in total. The third-order valence-electron chi connectivity index (χ3n) is 6.12. The van der Waals surface area contributed by atoms with Crippen molar-refractivity contribution in [1.29, 1.82) is 5.26 Å². The van der Waals surface area contributed by atoms with E-state index in [-0.39, 0.29) is 35.1 Å². The van der Waals surface area contributed by atoms with Crippen molar-refractivity contribution < 1.29 is 37.0 Å². The van der Waals surface area contributed by atoms with Crippen LogP contribution in [-0.4, -0.2) is 59.1 Å². The van der Waals surface area contributed by atoms with Gasteiger partial charge in [-0.1, -0.05) is 26.0 Å². The number of anilines is 1. The zero-order chi connectivity index (χ0) is 29.0. The first-order valence-corrected chi connectivity index (χ1v) is 13.7. The van der Waals surface area contributed by atoms with Crippen LogP contribution in [0.15, 0.2) is 41.3 Å². The van der Waals surface area contributed by atoms with Gasteiger partial charge >= 0.3 is 5.97 Å². The van der Waals surface area contributed by atoms with Crippen LogP contribution in [-0.2, 0) is 40.2 Å². The summed E-state index contributed by atoms with van der Waals surface area (Å²) in [6, 6.07) is 11.6. The van der Waals surface area contributed by atoms with Crippen LogP contribution in [0.5, 0.6) is 5.75 Å². The Morgan fingerprint density at radius 3 is 2.41 bits per heavy atom. The molecule has 0 saturated carbocycles. The predicted molar refractivity (Wildman–Crippen MR) is 142 cm³/mol. The van der Waals surface area contributed by atoms with Gasteiger partial charge < -0.3 is 24.3 Å². The minimum atomic E-state index is -4.01. The van der Waals surface area contributed by atoms with Crippen LogP contribution in [0.4, 0.5) is 5.69 Å². The fourth-order valence-electron chi connectivity index (χ4n) is 4.09. The molecule has 0 radical (unpaired) electrons. The number of esters is 1. The molecule has 1 fully saturated rings. The smallest absolute Gasteiger partial charge is 0.338 e. The van der Waals surface area contributed by atoms with Gasteiger partial charge in [-0.2, -0.15) is 5.26 Å². The Balaban J connectivity index is 1.82. The lowest BCUT2D eigenvalue weighted by atomic mass is 9.98. The molecular weight excluding hydrogens is 526 g/mol. The number of nitrogens with one attached hydrogen (secondary N) is 2. The summed E-state index contributed by atoms with van der Waals surface area (Å²) in [5.74, 6) is -2.25. The maximum absolute atomic E-state index is 13.2. The number of nitrogens with zero attached hydrogens (tertiary/aromatic N) is 1. The van der Waals surface area contributed by atoms with Gasteiger partial charge in [0.05, 0.1) is 25.9 Å². The summed E-state index contributed by atoms with van der Waals surface area (Å²) in [6.45, 7) is 7.18. The fraction of sp³-hybridized carbons (Fsp3) is 0.444. The average Bonchev–Trinajstić information content (AvgIpc) is 3.23. The van der Waals surface area contributed by atoms with Crippen molar-refractivity contribution in [1.82, 2.24) is 4.72 Å². The topological polar surface area (TPSA) is 153 Å². The van der Waals surface area contributed by atoms with Crippen LogP contribution in [0.25, 0.3) is 0 Å². The van der Waals surface area contributed by atoms with Crippen molar-refractivity contribution in [3.8, 4) is 11.8 Å². The Morgan fingerprint density at radius 1 is 1.10 bits per heavy atom. The third kappa shape index (κ3) is 7.13. The lowest BCUT2D eigenvalue weighted by Crippen LogP contribution is -2.41. The van der Waals surface area contributed by atoms with Gasteiger partial charge in [-0.25, -0.2) is 17.9 Å². The van der Waals surface area contributed by atoms with Crippen molar-refractivity contribution in [2.75, 3.05) is 26.1 Å². The van der Waals surface area contributed by atoms with E-state index in [9.17, 15) is 18.0 Å². The maximum Gasteiger partial charge on any atom is 0.338 e. The quantitative estimate of drug-likeness (QED) is 0.418. The van der Waals surface area contributed by atoms with Gasteiger partial charge in [0.15, 0.2) is 18.0 Å². The highest BCUT2D eigenvalue weighted by Crippen LogP contribution is 2.31. The maximum atomic E-state index is 13.2. The second-order valence-electron chi connectivity index (χ2n) is 9.69. The second kappa shape index (κ2) is 12.1. The minimum absolute atomic E-state index is 0.00692. The fourth-order valence-corrected chi connectivity index (χ4v) is 5.31. The van der Waals surface area contributed by atoms with Crippen LogP contribution in [0.1, 0.15) is 50.3 Å². The molecule has 2 N–H and O–H groups in total. The normalized spacial score (nSPS) is 18.4. The molecule has 0 aliphatic carbocycles. The molecule has 1 saturated heterocycles. The van der Waals surface area contributed by atoms with Gasteiger partial charge in [0.1, 0.15) is 10.6 Å². The van der Waals surface area contributed by atoms with Gasteiger partial charge in [-0.05, 0) is 61.6 Å². The van der Waals surface area contributed by atoms with Crippen molar-refractivity contribution in [2.24, 2.45) is 0 Å². The predicted octanol–water partition coefficient (Wildman–Crippen LogP) is 2.84. The number of ether oxygens (including phenoxy) is 4. The molecule has 0 aromatic heterocycles. The number of sulfonamides is 1. The number of methoxy groups -OCH3 is 2. The van der Waals surface area contributed by atoms with E-state index in [1.54, 1.807) is 19.9 Å². The highest BCUT2D eigenvalue weighted by Gasteiger charge is 2.49. The van der Waals surface area contributed by atoms with Crippen LogP contribution in [0.3, 0.4) is 0 Å². The van der Waals surface area contributed by atoms with Crippen molar-refractivity contribution in [3.05, 3.63) is 53.1 Å². The van der Waals surface area contributed by atoms with E-state index < -0.39 is 39.9 Å². The molecule has 0 spiro atoms. The van der Waals surface area contributed by atoms with E-state index in [1.807, 2.05) is 32.0 Å². The largest absolute Gasteiger partial charge is 0.495 e. The van der Waals surface area contributed by atoms with Crippen molar-refractivity contribution in [2.45, 2.75) is 62.9 Å². The summed E-state index contributed by atoms with van der Waals surface area (Å²) in [5, 5.41) is 12.0. The van der Waals surface area contributed by atoms with Crippen LogP contribution < -0.4 is 14.8 Å². The first-order chi connectivity index (χ1) is 18.3. The van der Waals surface area contributed by atoms with E-state index in [4.69, 9.17) is 24.2 Å². The number of hydrogen-bond donors (Lipinski definition) is 2. The molecule has 2 unspecified atom stereocenters. The number of amides is 1. The third-order valence-corrected chi connectivity index (χ3v) is 7.60. The lowest BCUT2D eigenvalue weighted by molar-refractivity contribution is -0.168. The molecule has 1 heterocycles. The standard InChI is InChI=1S/C27H33N3O8S/c1-16(2)19-9-8-18(11-12-29-39(33,34)22-13-17(15-28)7-10-21(22)35-5)20(14-19)30-25(31)23-24(26(32)36-6)38-27(3,4)37-23/h7-10,13-14,16,23-24,29H,11-12H2,1-6H3,(H,30,31). The van der Waals surface area contributed by atoms with Gasteiger partial charge in [-0.15, -0.1) is 0 Å². The summed E-state index contributed by atoms with van der Waals surface area (Å²) >= 11 is 0. The first-order valence-electron chi connectivity index (χ1n) is 12.3. The molecule has 12 heteroatoms. The Morgan fingerprint density at radius 2 is 1.79 bits per heavy atom. The summed E-state index contributed by atoms with van der Waals surface area (Å²) < 4.78 is 49.7. The molecule has 1 aliphatic heterocycles. The highest BCUT2D eigenvalue weighted by molar-refractivity contribution is 7.89. The zero-order valence-corrected chi connectivity index (χ0v) is 23.5. The molecular formula is C27H33N3O8S. The van der Waals surface area contributed by atoms with E-state index in [1.165, 1.54) is 32.4 Å². The molecule has 2 atom stereocenters. The lowest BCUT2D eigenvalue weighted by Gasteiger charge is -2.19. The number of benzene rings is 2. The van der Waals surface area contributed by atoms with Gasteiger partial charge in [0.2, 0.25) is 10.0 Å². The first kappa shape index (κ1) is 30.0. The monoisotopic (exact) mass is 559 g/mol. The van der Waals surface area contributed by atoms with Gasteiger partial charge in [0.25, 0.3) is 5.91 Å². The molecule has 3 rings (SSSR count). The molecule has 210 valence electrons. The van der Waals surface area contributed by atoms with Crippen LogP contribution >= 0.6 is 0 Å². The summed E-state index contributed by atoms with van der Waals surface area (Å²) in [6.07, 6.45) is -2.27. The molecule has 2 aromatic rings. The number of hydrogen-bond acceptors (Lipinski definition) is 9. The summed E-state index contributed by atoms with van der Waals surface area (Å²) in [4.78, 5) is 25.3. The Hall–Kier alpha value is -3.50. The van der Waals surface area contributed by atoms with E-state index in [2.05, 4.69) is 10.0 Å². The number of carbonyl (C=O) groups is 2. The molecule has 0 bridgehead atoms. The van der Waals surface area contributed by atoms with E-state index in [0.29, 0.717) is 11.3 Å². The molecule has 1 amide bonds. The van der Waals surface area contributed by atoms with Crippen molar-refractivity contribution in [3.63, 3.8) is 0 Å². The molecule has 39 heavy (non-hydrogen) atoms. The molecule has 1 aliphatic rings. The number of nitriles is 1. The number of carbonyl (C=O) groups excluding carboxylic acids is 2. The second-order valence-corrected chi connectivity index (χ2v) is 11.4. The van der Waals surface area contributed by atoms with E-state index >= 15 is 0 Å². The molecule has 2 aromatic carbocycles. The van der Waals surface area contributed by atoms with Gasteiger partial charge in [-0.3, -0.25) is 4.79 Å².